The maximum absolute atomic E-state index is 6.22. The SMILES string of the molecule is CN(CCOc1cccc(N(C)C(=S)Oc2ccc(C(C)(C)C)cc2)c1)Cc1cc(Cl)sc1Cl. The third-order valence-corrected chi connectivity index (χ3v) is 7.24. The standard InChI is InChI=1S/C26H30Cl2N2O2S2/c1-26(2,3)19-9-11-21(12-10-19)32-25(33)30(5)20-7-6-8-22(16-20)31-14-13-29(4)17-18-15-23(27)34-24(18)28/h6-12,15-16H,13-14,17H2,1-5H3. The maximum Gasteiger partial charge on any atom is 0.269 e. The Morgan fingerprint density at radius 1 is 1.00 bits per heavy atom. The normalized spacial score (nSPS) is 11.5. The van der Waals surface area contributed by atoms with E-state index in [0.717, 1.165) is 34.4 Å². The zero-order valence-electron chi connectivity index (χ0n) is 20.1. The van der Waals surface area contributed by atoms with Gasteiger partial charge in [0.05, 0.1) is 8.67 Å². The van der Waals surface area contributed by atoms with Gasteiger partial charge in [0.25, 0.3) is 5.17 Å². The van der Waals surface area contributed by atoms with E-state index in [1.54, 1.807) is 0 Å². The molecule has 0 saturated heterocycles. The van der Waals surface area contributed by atoms with Crippen LogP contribution in [0.25, 0.3) is 0 Å². The van der Waals surface area contributed by atoms with Crippen molar-refractivity contribution in [2.75, 3.05) is 32.1 Å². The first-order valence-corrected chi connectivity index (χ1v) is 12.9. The molecule has 0 aliphatic heterocycles. The summed E-state index contributed by atoms with van der Waals surface area (Å²) in [6.45, 7) is 8.56. The summed E-state index contributed by atoms with van der Waals surface area (Å²) in [6, 6.07) is 17.8. The molecule has 182 valence electrons. The first kappa shape index (κ1) is 26.8. The Labute approximate surface area is 222 Å². The maximum atomic E-state index is 6.22. The summed E-state index contributed by atoms with van der Waals surface area (Å²) in [6.07, 6.45) is 0. The summed E-state index contributed by atoms with van der Waals surface area (Å²) in [4.78, 5) is 3.97. The second-order valence-corrected chi connectivity index (χ2v) is 11.8. The highest BCUT2D eigenvalue weighted by atomic mass is 35.5. The summed E-state index contributed by atoms with van der Waals surface area (Å²) in [5.74, 6) is 1.49. The molecular formula is C26H30Cl2N2O2S2. The molecule has 0 fully saturated rings. The molecule has 2 aromatic carbocycles. The van der Waals surface area contributed by atoms with Gasteiger partial charge < -0.3 is 14.4 Å². The van der Waals surface area contributed by atoms with Gasteiger partial charge in [-0.25, -0.2) is 0 Å². The van der Waals surface area contributed by atoms with Crippen LogP contribution in [0.5, 0.6) is 11.5 Å². The molecule has 3 rings (SSSR count). The van der Waals surface area contributed by atoms with Crippen LogP contribution >= 0.6 is 46.8 Å². The molecule has 0 spiro atoms. The molecule has 3 aromatic rings. The first-order chi connectivity index (χ1) is 16.0. The minimum atomic E-state index is 0.0930. The molecule has 1 aromatic heterocycles. The van der Waals surface area contributed by atoms with Crippen LogP contribution in [0, 0.1) is 0 Å². The zero-order chi connectivity index (χ0) is 24.9. The molecule has 0 bridgehead atoms. The third-order valence-electron chi connectivity index (χ3n) is 5.31. The van der Waals surface area contributed by atoms with Crippen LogP contribution in [0.1, 0.15) is 31.9 Å². The molecular weight excluding hydrogens is 507 g/mol. The Hall–Kier alpha value is -1.83. The summed E-state index contributed by atoms with van der Waals surface area (Å²) >= 11 is 19.2. The van der Waals surface area contributed by atoms with Gasteiger partial charge in [-0.1, -0.05) is 62.2 Å². The van der Waals surface area contributed by atoms with Crippen molar-refractivity contribution in [2.45, 2.75) is 32.7 Å². The van der Waals surface area contributed by atoms with E-state index in [4.69, 9.17) is 44.9 Å². The lowest BCUT2D eigenvalue weighted by Crippen LogP contribution is -2.29. The molecule has 1 heterocycles. The first-order valence-electron chi connectivity index (χ1n) is 10.9. The van der Waals surface area contributed by atoms with Crippen LogP contribution in [0.4, 0.5) is 5.69 Å². The second kappa shape index (κ2) is 11.7. The lowest BCUT2D eigenvalue weighted by Gasteiger charge is -2.22. The number of rotatable bonds is 8. The van der Waals surface area contributed by atoms with Gasteiger partial charge >= 0.3 is 0 Å². The number of likely N-dealkylation sites (N-methyl/N-ethyl adjacent to an activating group) is 1. The van der Waals surface area contributed by atoms with Gasteiger partial charge in [0, 0.05) is 31.9 Å². The van der Waals surface area contributed by atoms with E-state index in [1.165, 1.54) is 16.9 Å². The van der Waals surface area contributed by atoms with Crippen LogP contribution < -0.4 is 14.4 Å². The van der Waals surface area contributed by atoms with E-state index in [-0.39, 0.29) is 5.41 Å². The van der Waals surface area contributed by atoms with Crippen LogP contribution in [0.2, 0.25) is 8.67 Å². The van der Waals surface area contributed by atoms with E-state index in [2.05, 4.69) is 37.8 Å². The number of thiocarbonyl (C=S) groups is 1. The van der Waals surface area contributed by atoms with Crippen molar-refractivity contribution >= 4 is 57.6 Å². The molecule has 0 radical (unpaired) electrons. The smallest absolute Gasteiger partial charge is 0.269 e. The van der Waals surface area contributed by atoms with Crippen molar-refractivity contribution in [3.63, 3.8) is 0 Å². The van der Waals surface area contributed by atoms with Gasteiger partial charge in [0.1, 0.15) is 18.1 Å². The Balaban J connectivity index is 1.52. The van der Waals surface area contributed by atoms with Gasteiger partial charge in [-0.2, -0.15) is 0 Å². The van der Waals surface area contributed by atoms with Crippen molar-refractivity contribution in [1.82, 2.24) is 4.90 Å². The fourth-order valence-electron chi connectivity index (χ4n) is 3.25. The quantitative estimate of drug-likeness (QED) is 0.275. The van der Waals surface area contributed by atoms with E-state index in [9.17, 15) is 0 Å². The third kappa shape index (κ3) is 7.59. The van der Waals surface area contributed by atoms with Crippen molar-refractivity contribution < 1.29 is 9.47 Å². The van der Waals surface area contributed by atoms with Crippen LogP contribution in [0.3, 0.4) is 0 Å². The highest BCUT2D eigenvalue weighted by Gasteiger charge is 2.15. The minimum absolute atomic E-state index is 0.0930. The molecule has 8 heteroatoms. The number of ether oxygens (including phenoxy) is 2. The highest BCUT2D eigenvalue weighted by molar-refractivity contribution is 7.80. The molecule has 0 saturated carbocycles. The lowest BCUT2D eigenvalue weighted by molar-refractivity contribution is 0.233. The summed E-state index contributed by atoms with van der Waals surface area (Å²) in [5, 5.41) is 0.367. The number of hydrogen-bond acceptors (Lipinski definition) is 5. The van der Waals surface area contributed by atoms with Crippen molar-refractivity contribution in [2.24, 2.45) is 0 Å². The predicted molar refractivity (Wildman–Crippen MR) is 149 cm³/mol. The number of anilines is 1. The van der Waals surface area contributed by atoms with E-state index in [1.807, 2.05) is 61.5 Å². The van der Waals surface area contributed by atoms with Crippen molar-refractivity contribution in [3.8, 4) is 11.5 Å². The lowest BCUT2D eigenvalue weighted by atomic mass is 9.87. The van der Waals surface area contributed by atoms with E-state index in [0.29, 0.717) is 21.9 Å². The van der Waals surface area contributed by atoms with Crippen LogP contribution in [-0.2, 0) is 12.0 Å². The minimum Gasteiger partial charge on any atom is -0.492 e. The van der Waals surface area contributed by atoms with Crippen LogP contribution in [-0.4, -0.2) is 37.3 Å². The largest absolute Gasteiger partial charge is 0.492 e. The molecule has 0 unspecified atom stereocenters. The number of nitrogens with zero attached hydrogens (tertiary/aromatic N) is 2. The van der Waals surface area contributed by atoms with Gasteiger partial charge in [-0.15, -0.1) is 11.3 Å². The second-order valence-electron chi connectivity index (χ2n) is 9.13. The average molecular weight is 538 g/mol. The Bertz CT molecular complexity index is 1110. The fourth-order valence-corrected chi connectivity index (χ4v) is 4.92. The Morgan fingerprint density at radius 3 is 2.32 bits per heavy atom. The Morgan fingerprint density at radius 2 is 1.71 bits per heavy atom. The molecule has 4 nitrogen and oxygen atoms in total. The topological polar surface area (TPSA) is 24.9 Å². The molecule has 0 aliphatic carbocycles. The number of benzene rings is 2. The predicted octanol–water partition coefficient (Wildman–Crippen LogP) is 7.66. The van der Waals surface area contributed by atoms with E-state index >= 15 is 0 Å². The van der Waals surface area contributed by atoms with E-state index < -0.39 is 0 Å². The van der Waals surface area contributed by atoms with Gasteiger partial charge in [0.2, 0.25) is 0 Å². The fraction of sp³-hybridized carbons (Fsp3) is 0.346. The summed E-state index contributed by atoms with van der Waals surface area (Å²) in [7, 11) is 3.91. The van der Waals surface area contributed by atoms with Gasteiger partial charge in [-0.05, 0) is 66.1 Å². The molecule has 0 amide bonds. The summed E-state index contributed by atoms with van der Waals surface area (Å²) < 4.78 is 13.3. The number of hydrogen-bond donors (Lipinski definition) is 0. The summed E-state index contributed by atoms with van der Waals surface area (Å²) in [5.41, 5.74) is 3.26. The Kier molecular flexibility index (Phi) is 9.24. The zero-order valence-corrected chi connectivity index (χ0v) is 23.2. The van der Waals surface area contributed by atoms with Gasteiger partial charge in [0.15, 0.2) is 0 Å². The molecule has 0 atom stereocenters. The number of thiophene rings is 1. The van der Waals surface area contributed by atoms with Crippen LogP contribution in [0.15, 0.2) is 54.6 Å². The highest BCUT2D eigenvalue weighted by Crippen LogP contribution is 2.32. The molecule has 34 heavy (non-hydrogen) atoms. The molecule has 0 N–H and O–H groups in total. The van der Waals surface area contributed by atoms with Crippen molar-refractivity contribution in [1.29, 1.82) is 0 Å². The molecule has 0 aliphatic rings. The number of halogens is 2. The van der Waals surface area contributed by atoms with Crippen molar-refractivity contribution in [3.05, 3.63) is 74.4 Å². The monoisotopic (exact) mass is 536 g/mol. The van der Waals surface area contributed by atoms with Gasteiger partial charge in [-0.3, -0.25) is 4.90 Å². The average Bonchev–Trinajstić information content (AvgIpc) is 3.09.